The Bertz CT molecular complexity index is 382. The van der Waals surface area contributed by atoms with Crippen LogP contribution in [0.2, 0.25) is 0 Å². The van der Waals surface area contributed by atoms with E-state index < -0.39 is 11.5 Å². The van der Waals surface area contributed by atoms with Crippen LogP contribution in [0.25, 0.3) is 0 Å². The second-order valence-corrected chi connectivity index (χ2v) is 4.12. The lowest BCUT2D eigenvalue weighted by molar-refractivity contribution is -0.147. The van der Waals surface area contributed by atoms with Crippen LogP contribution in [-0.4, -0.2) is 16.6 Å². The fourth-order valence-electron chi connectivity index (χ4n) is 1.96. The topological polar surface area (TPSA) is 63.3 Å². The van der Waals surface area contributed by atoms with Crippen LogP contribution >= 0.6 is 0 Å². The molecule has 0 radical (unpaired) electrons. The van der Waals surface area contributed by atoms with Crippen LogP contribution in [0.15, 0.2) is 24.3 Å². The molecular formula is C11H12FNO2. The second-order valence-electron chi connectivity index (χ2n) is 4.12. The Morgan fingerprint density at radius 2 is 1.93 bits per heavy atom. The van der Waals surface area contributed by atoms with Crippen molar-refractivity contribution in [1.29, 1.82) is 0 Å². The third kappa shape index (κ3) is 1.72. The molecule has 0 bridgehead atoms. The maximum Gasteiger partial charge on any atom is 0.323 e. The van der Waals surface area contributed by atoms with Crippen LogP contribution in [0, 0.1) is 5.82 Å². The normalized spacial score (nSPS) is 29.6. The molecule has 15 heavy (non-hydrogen) atoms. The fraction of sp³-hybridized carbons (Fsp3) is 0.364. The highest BCUT2D eigenvalue weighted by Gasteiger charge is 2.47. The van der Waals surface area contributed by atoms with Crippen molar-refractivity contribution in [3.05, 3.63) is 35.6 Å². The summed E-state index contributed by atoms with van der Waals surface area (Å²) in [5, 5.41) is 8.82. The van der Waals surface area contributed by atoms with Gasteiger partial charge in [-0.3, -0.25) is 4.79 Å². The van der Waals surface area contributed by atoms with Crippen molar-refractivity contribution in [3.63, 3.8) is 0 Å². The Morgan fingerprint density at radius 3 is 2.40 bits per heavy atom. The molecule has 0 unspecified atom stereocenters. The van der Waals surface area contributed by atoms with Gasteiger partial charge in [-0.2, -0.15) is 0 Å². The largest absolute Gasteiger partial charge is 0.480 e. The van der Waals surface area contributed by atoms with Crippen LogP contribution in [0.1, 0.15) is 24.3 Å². The van der Waals surface area contributed by atoms with E-state index in [-0.39, 0.29) is 11.7 Å². The zero-order chi connectivity index (χ0) is 11.1. The summed E-state index contributed by atoms with van der Waals surface area (Å²) in [5.74, 6) is -1.09. The molecule has 0 atom stereocenters. The summed E-state index contributed by atoms with van der Waals surface area (Å²) in [7, 11) is 0. The summed E-state index contributed by atoms with van der Waals surface area (Å²) in [6.45, 7) is 0. The minimum Gasteiger partial charge on any atom is -0.480 e. The number of benzene rings is 1. The number of carbonyl (C=O) groups is 1. The summed E-state index contributed by atoms with van der Waals surface area (Å²) in [5.41, 5.74) is 5.50. The number of carboxylic acids is 1. The summed E-state index contributed by atoms with van der Waals surface area (Å²) in [4.78, 5) is 10.7. The molecule has 0 amide bonds. The Kier molecular flexibility index (Phi) is 2.23. The van der Waals surface area contributed by atoms with Gasteiger partial charge in [-0.15, -0.1) is 0 Å². The smallest absolute Gasteiger partial charge is 0.323 e. The molecule has 1 aromatic rings. The lowest BCUT2D eigenvalue weighted by atomic mass is 9.66. The highest BCUT2D eigenvalue weighted by Crippen LogP contribution is 2.43. The molecular weight excluding hydrogens is 197 g/mol. The van der Waals surface area contributed by atoms with Crippen molar-refractivity contribution in [3.8, 4) is 0 Å². The highest BCUT2D eigenvalue weighted by atomic mass is 19.1. The first-order chi connectivity index (χ1) is 7.01. The molecule has 80 valence electrons. The third-order valence-electron chi connectivity index (χ3n) is 2.99. The van der Waals surface area contributed by atoms with Gasteiger partial charge in [-0.1, -0.05) is 12.1 Å². The Labute approximate surface area is 86.7 Å². The number of halogens is 1. The van der Waals surface area contributed by atoms with Gasteiger partial charge in [0, 0.05) is 0 Å². The van der Waals surface area contributed by atoms with Gasteiger partial charge in [0.25, 0.3) is 0 Å². The molecule has 0 spiro atoms. The van der Waals surface area contributed by atoms with E-state index in [4.69, 9.17) is 10.8 Å². The quantitative estimate of drug-likeness (QED) is 0.775. The first kappa shape index (κ1) is 10.1. The van der Waals surface area contributed by atoms with Gasteiger partial charge in [0.05, 0.1) is 0 Å². The highest BCUT2D eigenvalue weighted by molar-refractivity contribution is 5.80. The Balaban J connectivity index is 2.06. The summed E-state index contributed by atoms with van der Waals surface area (Å²) in [6.07, 6.45) is 0.849. The molecule has 0 aromatic heterocycles. The molecule has 0 heterocycles. The van der Waals surface area contributed by atoms with Gasteiger partial charge in [0.2, 0.25) is 0 Å². The number of hydrogen-bond donors (Lipinski definition) is 2. The van der Waals surface area contributed by atoms with E-state index in [0.29, 0.717) is 12.8 Å². The van der Waals surface area contributed by atoms with E-state index in [1.807, 2.05) is 0 Å². The predicted molar refractivity (Wildman–Crippen MR) is 52.9 cm³/mol. The van der Waals surface area contributed by atoms with E-state index in [0.717, 1.165) is 5.56 Å². The number of hydrogen-bond acceptors (Lipinski definition) is 2. The minimum absolute atomic E-state index is 0.145. The van der Waals surface area contributed by atoms with Crippen molar-refractivity contribution in [1.82, 2.24) is 0 Å². The molecule has 1 saturated carbocycles. The van der Waals surface area contributed by atoms with Gasteiger partial charge < -0.3 is 10.8 Å². The number of aliphatic carboxylic acids is 1. The van der Waals surface area contributed by atoms with E-state index in [1.54, 1.807) is 12.1 Å². The Hall–Kier alpha value is -1.42. The van der Waals surface area contributed by atoms with Gasteiger partial charge in [0.1, 0.15) is 11.4 Å². The predicted octanol–water partition coefficient (Wildman–Crippen LogP) is 1.49. The SMILES string of the molecule is NC1(C(=O)O)CC(c2ccc(F)cc2)C1. The van der Waals surface area contributed by atoms with Crippen LogP contribution in [0.5, 0.6) is 0 Å². The molecule has 1 fully saturated rings. The summed E-state index contributed by atoms with van der Waals surface area (Å²) in [6, 6.07) is 6.13. The van der Waals surface area contributed by atoms with Crippen molar-refractivity contribution in [2.75, 3.05) is 0 Å². The average Bonchev–Trinajstić information content (AvgIpc) is 2.14. The fourth-order valence-corrected chi connectivity index (χ4v) is 1.96. The molecule has 0 aliphatic heterocycles. The first-order valence-corrected chi connectivity index (χ1v) is 4.79. The average molecular weight is 209 g/mol. The molecule has 1 aromatic carbocycles. The summed E-state index contributed by atoms with van der Waals surface area (Å²) >= 11 is 0. The van der Waals surface area contributed by atoms with Gasteiger partial charge in [-0.25, -0.2) is 4.39 Å². The van der Waals surface area contributed by atoms with Gasteiger partial charge in [-0.05, 0) is 36.5 Å². The van der Waals surface area contributed by atoms with Crippen LogP contribution in [0.3, 0.4) is 0 Å². The van der Waals surface area contributed by atoms with E-state index in [1.165, 1.54) is 12.1 Å². The van der Waals surface area contributed by atoms with Crippen LogP contribution in [0.4, 0.5) is 4.39 Å². The van der Waals surface area contributed by atoms with Crippen molar-refractivity contribution >= 4 is 5.97 Å². The van der Waals surface area contributed by atoms with Crippen LogP contribution < -0.4 is 5.73 Å². The zero-order valence-electron chi connectivity index (χ0n) is 8.11. The lowest BCUT2D eigenvalue weighted by Crippen LogP contribution is -2.56. The maximum atomic E-state index is 12.6. The van der Waals surface area contributed by atoms with Gasteiger partial charge >= 0.3 is 5.97 Å². The van der Waals surface area contributed by atoms with Gasteiger partial charge in [0.15, 0.2) is 0 Å². The standard InChI is InChI=1S/C11H12FNO2/c12-9-3-1-7(2-4-9)8-5-11(13,6-8)10(14)15/h1-4,8H,5-6,13H2,(H,14,15). The van der Waals surface area contributed by atoms with Crippen molar-refractivity contribution < 1.29 is 14.3 Å². The van der Waals surface area contributed by atoms with Crippen molar-refractivity contribution in [2.24, 2.45) is 5.73 Å². The molecule has 3 N–H and O–H groups in total. The number of carboxylic acid groups (broad SMARTS) is 1. The molecule has 1 aliphatic carbocycles. The number of rotatable bonds is 2. The molecule has 4 heteroatoms. The molecule has 3 nitrogen and oxygen atoms in total. The minimum atomic E-state index is -1.08. The maximum absolute atomic E-state index is 12.6. The third-order valence-corrected chi connectivity index (χ3v) is 2.99. The van der Waals surface area contributed by atoms with E-state index >= 15 is 0 Å². The molecule has 2 rings (SSSR count). The van der Waals surface area contributed by atoms with E-state index in [9.17, 15) is 9.18 Å². The molecule has 1 aliphatic rings. The van der Waals surface area contributed by atoms with Crippen LogP contribution in [-0.2, 0) is 4.79 Å². The summed E-state index contributed by atoms with van der Waals surface area (Å²) < 4.78 is 12.6. The second kappa shape index (κ2) is 3.31. The number of nitrogens with two attached hydrogens (primary N) is 1. The first-order valence-electron chi connectivity index (χ1n) is 4.79. The Morgan fingerprint density at radius 1 is 1.40 bits per heavy atom. The zero-order valence-corrected chi connectivity index (χ0v) is 8.11. The van der Waals surface area contributed by atoms with E-state index in [2.05, 4.69) is 0 Å². The van der Waals surface area contributed by atoms with Crippen molar-refractivity contribution in [2.45, 2.75) is 24.3 Å². The monoisotopic (exact) mass is 209 g/mol. The molecule has 0 saturated heterocycles. The lowest BCUT2D eigenvalue weighted by Gasteiger charge is -2.41.